The predicted octanol–water partition coefficient (Wildman–Crippen LogP) is 0.813. The fourth-order valence-electron chi connectivity index (χ4n) is 3.08. The maximum atomic E-state index is 15.1. The van der Waals surface area contributed by atoms with Crippen LogP contribution in [0.1, 0.15) is 33.1 Å². The molecule has 10 nitrogen and oxygen atoms in total. The Bertz CT molecular complexity index is 868. The number of halogens is 1. The smallest absolute Gasteiger partial charge is 0.222 e. The van der Waals surface area contributed by atoms with Gasteiger partial charge in [-0.25, -0.2) is 14.4 Å². The maximum Gasteiger partial charge on any atom is 0.222 e. The lowest BCUT2D eigenvalue weighted by Crippen LogP contribution is -2.40. The Morgan fingerprint density at radius 3 is 2.81 bits per heavy atom. The van der Waals surface area contributed by atoms with Crippen molar-refractivity contribution in [3.63, 3.8) is 0 Å². The molecule has 11 heteroatoms. The first-order valence-electron chi connectivity index (χ1n) is 7.75. The number of amides is 1. The zero-order chi connectivity index (χ0) is 19.1. The number of aliphatic hydroxyl groups excluding tert-OH is 2. The van der Waals surface area contributed by atoms with Crippen molar-refractivity contribution in [3.8, 4) is 0 Å². The van der Waals surface area contributed by atoms with E-state index in [1.807, 2.05) is 0 Å². The Morgan fingerprint density at radius 2 is 2.26 bits per heavy atom. The van der Waals surface area contributed by atoms with Crippen molar-refractivity contribution in [2.45, 2.75) is 45.4 Å². The normalized spacial score (nSPS) is 27.8. The van der Waals surface area contributed by atoms with Crippen LogP contribution in [0.5, 0.6) is 0 Å². The summed E-state index contributed by atoms with van der Waals surface area (Å²) in [4.78, 5) is 19.5. The van der Waals surface area contributed by atoms with E-state index in [2.05, 4.69) is 20.4 Å². The van der Waals surface area contributed by atoms with Crippen molar-refractivity contribution in [3.05, 3.63) is 18.1 Å². The Morgan fingerprint density at radius 1 is 1.56 bits per heavy atom. The van der Waals surface area contributed by atoms with E-state index in [9.17, 15) is 15.0 Å². The van der Waals surface area contributed by atoms with Gasteiger partial charge in [0.1, 0.15) is 30.0 Å². The van der Waals surface area contributed by atoms with Crippen molar-refractivity contribution in [2.75, 3.05) is 11.9 Å². The molecule has 0 aromatic carbocycles. The van der Waals surface area contributed by atoms with Crippen LogP contribution in [-0.2, 0) is 9.53 Å². The van der Waals surface area contributed by atoms with Gasteiger partial charge in [-0.15, -0.1) is 0 Å². The second-order valence-electron chi connectivity index (χ2n) is 6.14. The number of carbonyl (C=O) groups is 1. The number of rotatable bonds is 4. The molecule has 1 fully saturated rings. The third-order valence-electron chi connectivity index (χ3n) is 4.28. The zero-order valence-corrected chi connectivity index (χ0v) is 14.0. The summed E-state index contributed by atoms with van der Waals surface area (Å²) >= 11 is 0. The van der Waals surface area contributed by atoms with Gasteiger partial charge in [0, 0.05) is 18.7 Å². The number of nitrogens with zero attached hydrogens (tertiary/aromatic N) is 4. The average molecular weight is 383 g/mol. The highest BCUT2D eigenvalue weighted by molar-refractivity contribution is 6.06. The number of carbonyl (C=O) groups excluding carboxylic acids is 1. The SMILES string of the molecule is C.CC(=O)Nc1ncnc2c1c(/C=N\O)cn2C1OC(CO)C(O)C1(C)F. The molecule has 4 unspecified atom stereocenters. The monoisotopic (exact) mass is 383 g/mol. The first kappa shape index (κ1) is 20.7. The quantitative estimate of drug-likeness (QED) is 0.348. The van der Waals surface area contributed by atoms with Crippen molar-refractivity contribution >= 4 is 29.0 Å². The highest BCUT2D eigenvalue weighted by Gasteiger charge is 2.55. The van der Waals surface area contributed by atoms with Gasteiger partial charge in [-0.05, 0) is 6.92 Å². The third kappa shape index (κ3) is 3.36. The molecule has 1 saturated heterocycles. The second kappa shape index (κ2) is 7.55. The van der Waals surface area contributed by atoms with E-state index in [0.717, 1.165) is 13.1 Å². The molecule has 27 heavy (non-hydrogen) atoms. The molecular weight excluding hydrogens is 361 g/mol. The van der Waals surface area contributed by atoms with E-state index in [4.69, 9.17) is 9.94 Å². The maximum absolute atomic E-state index is 15.1. The molecule has 2 aromatic rings. The number of aliphatic hydroxyl groups is 2. The van der Waals surface area contributed by atoms with Gasteiger partial charge in [0.2, 0.25) is 5.91 Å². The third-order valence-corrected chi connectivity index (χ3v) is 4.28. The molecule has 0 saturated carbocycles. The highest BCUT2D eigenvalue weighted by atomic mass is 19.1. The Balaban J connectivity index is 0.00000261. The number of nitrogens with one attached hydrogen (secondary N) is 1. The van der Waals surface area contributed by atoms with E-state index in [1.54, 1.807) is 0 Å². The summed E-state index contributed by atoms with van der Waals surface area (Å²) in [5.74, 6) is -0.234. The average Bonchev–Trinajstić information content (AvgIpc) is 3.04. The molecule has 148 valence electrons. The molecule has 0 bridgehead atoms. The molecule has 3 heterocycles. The van der Waals surface area contributed by atoms with E-state index < -0.39 is 30.7 Å². The number of anilines is 1. The summed E-state index contributed by atoms with van der Waals surface area (Å²) in [5, 5.41) is 34.1. The van der Waals surface area contributed by atoms with Gasteiger partial charge in [-0.3, -0.25) is 4.79 Å². The standard InChI is InChI=1S/C15H18FN5O5.CH4/c1-7(23)20-12-10-8(3-19-25)4-21(13(10)18-6-17-12)14-15(2,16)11(24)9(5-22)26-14;/h3-4,6,9,11,14,22,24-25H,5H2,1-2H3,(H,17,18,20,23);1H4/b19-3-;. The van der Waals surface area contributed by atoms with Crippen LogP contribution in [0.3, 0.4) is 0 Å². The largest absolute Gasteiger partial charge is 0.411 e. The van der Waals surface area contributed by atoms with Crippen LogP contribution < -0.4 is 5.32 Å². The molecule has 4 N–H and O–H groups in total. The summed E-state index contributed by atoms with van der Waals surface area (Å²) in [6.07, 6.45) is -0.315. The first-order valence-corrected chi connectivity index (χ1v) is 7.75. The van der Waals surface area contributed by atoms with Crippen LogP contribution in [0.2, 0.25) is 0 Å². The number of aromatic nitrogens is 3. The zero-order valence-electron chi connectivity index (χ0n) is 14.0. The van der Waals surface area contributed by atoms with E-state index in [1.165, 1.54) is 24.0 Å². The molecule has 1 amide bonds. The van der Waals surface area contributed by atoms with Gasteiger partial charge in [0.25, 0.3) is 0 Å². The van der Waals surface area contributed by atoms with E-state index in [0.29, 0.717) is 10.9 Å². The summed E-state index contributed by atoms with van der Waals surface area (Å²) in [6, 6.07) is 0. The molecule has 3 rings (SSSR count). The summed E-state index contributed by atoms with van der Waals surface area (Å²) in [5.41, 5.74) is -1.74. The van der Waals surface area contributed by atoms with Crippen LogP contribution in [0.25, 0.3) is 11.0 Å². The minimum Gasteiger partial charge on any atom is -0.411 e. The van der Waals surface area contributed by atoms with Gasteiger partial charge in [-0.2, -0.15) is 0 Å². The summed E-state index contributed by atoms with van der Waals surface area (Å²) < 4.78 is 21.9. The minimum atomic E-state index is -2.23. The Labute approximate surface area is 154 Å². The van der Waals surface area contributed by atoms with Crippen molar-refractivity contribution in [2.24, 2.45) is 5.16 Å². The van der Waals surface area contributed by atoms with Crippen LogP contribution >= 0.6 is 0 Å². The van der Waals surface area contributed by atoms with Crippen LogP contribution in [0.15, 0.2) is 17.7 Å². The first-order chi connectivity index (χ1) is 12.3. The number of hydrogen-bond acceptors (Lipinski definition) is 8. The number of hydrogen-bond donors (Lipinski definition) is 4. The molecule has 0 radical (unpaired) electrons. The Kier molecular flexibility index (Phi) is 5.78. The lowest BCUT2D eigenvalue weighted by Gasteiger charge is -2.25. The van der Waals surface area contributed by atoms with Gasteiger partial charge in [-0.1, -0.05) is 12.6 Å². The molecule has 1 aliphatic rings. The van der Waals surface area contributed by atoms with Gasteiger partial charge in [0.05, 0.1) is 18.2 Å². The minimum absolute atomic E-state index is 0. The number of oxime groups is 1. The molecule has 2 aromatic heterocycles. The number of alkyl halides is 1. The number of ether oxygens (including phenoxy) is 1. The van der Waals surface area contributed by atoms with Gasteiger partial charge in [0.15, 0.2) is 11.9 Å². The topological polar surface area (TPSA) is 142 Å². The van der Waals surface area contributed by atoms with E-state index in [-0.39, 0.29) is 24.8 Å². The van der Waals surface area contributed by atoms with Crippen molar-refractivity contribution in [1.82, 2.24) is 14.5 Å². The lowest BCUT2D eigenvalue weighted by molar-refractivity contribution is -0.114. The fraction of sp³-hybridized carbons (Fsp3) is 0.500. The number of fused-ring (bicyclic) bond motifs is 1. The van der Waals surface area contributed by atoms with Crippen molar-refractivity contribution < 1.29 is 29.3 Å². The highest BCUT2D eigenvalue weighted by Crippen LogP contribution is 2.43. The van der Waals surface area contributed by atoms with Gasteiger partial charge < -0.3 is 30.0 Å². The van der Waals surface area contributed by atoms with E-state index >= 15 is 4.39 Å². The predicted molar refractivity (Wildman–Crippen MR) is 94.5 cm³/mol. The summed E-state index contributed by atoms with van der Waals surface area (Å²) in [7, 11) is 0. The van der Waals surface area contributed by atoms with Crippen LogP contribution in [-0.4, -0.2) is 66.6 Å². The van der Waals surface area contributed by atoms with Crippen molar-refractivity contribution in [1.29, 1.82) is 0 Å². The second-order valence-corrected chi connectivity index (χ2v) is 6.14. The summed E-state index contributed by atoms with van der Waals surface area (Å²) in [6.45, 7) is 1.89. The van der Waals surface area contributed by atoms with Crippen LogP contribution in [0.4, 0.5) is 10.2 Å². The fourth-order valence-corrected chi connectivity index (χ4v) is 3.08. The Hall–Kier alpha value is -2.63. The molecular formula is C16H22FN5O5. The molecule has 1 aliphatic heterocycles. The molecule has 4 atom stereocenters. The molecule has 0 aliphatic carbocycles. The lowest BCUT2D eigenvalue weighted by atomic mass is 9.98. The van der Waals surface area contributed by atoms with Gasteiger partial charge >= 0.3 is 0 Å². The molecule has 0 spiro atoms. The van der Waals surface area contributed by atoms with Crippen LogP contribution in [0, 0.1) is 0 Å².